The molecule has 0 amide bonds. The van der Waals surface area contributed by atoms with E-state index in [4.69, 9.17) is 4.74 Å². The van der Waals surface area contributed by atoms with Gasteiger partial charge in [0.15, 0.2) is 0 Å². The van der Waals surface area contributed by atoms with Gasteiger partial charge >= 0.3 is 87.8 Å². The van der Waals surface area contributed by atoms with Gasteiger partial charge in [0.05, 0.1) is 0 Å². The van der Waals surface area contributed by atoms with Crippen LogP contribution in [0.5, 0.6) is 5.75 Å². The molecule has 4 nitrogen and oxygen atoms in total. The van der Waals surface area contributed by atoms with Crippen molar-refractivity contribution in [3.05, 3.63) is 16.6 Å². The van der Waals surface area contributed by atoms with Crippen LogP contribution in [-0.2, 0) is 7.05 Å². The van der Waals surface area contributed by atoms with Crippen molar-refractivity contribution >= 4 is 22.0 Å². The fourth-order valence-corrected chi connectivity index (χ4v) is 6.25. The van der Waals surface area contributed by atoms with Crippen molar-refractivity contribution < 1.29 is 4.74 Å². The summed E-state index contributed by atoms with van der Waals surface area (Å²) >= 11 is -2.41. The average molecular weight is 303 g/mol. The SMILES string of the molecule is COc1cnn(C)c(=O)[c]1[Sn]([CH3])([CH3])[CH3]. The van der Waals surface area contributed by atoms with E-state index < -0.39 is 18.4 Å². The van der Waals surface area contributed by atoms with Crippen LogP contribution < -0.4 is 13.9 Å². The molecule has 0 atom stereocenters. The minimum atomic E-state index is -2.41. The van der Waals surface area contributed by atoms with E-state index in [9.17, 15) is 4.79 Å². The number of hydrogen-bond donors (Lipinski definition) is 0. The number of methoxy groups -OCH3 is 1. The molecule has 0 N–H and O–H groups in total. The molecule has 0 radical (unpaired) electrons. The number of aryl methyl sites for hydroxylation is 1. The quantitative estimate of drug-likeness (QED) is 0.740. The Bertz CT molecular complexity index is 393. The monoisotopic (exact) mass is 304 g/mol. The van der Waals surface area contributed by atoms with Crippen LogP contribution in [0, 0.1) is 0 Å². The van der Waals surface area contributed by atoms with Crippen LogP contribution in [0.3, 0.4) is 0 Å². The van der Waals surface area contributed by atoms with Crippen molar-refractivity contribution in [2.24, 2.45) is 7.05 Å². The van der Waals surface area contributed by atoms with Crippen molar-refractivity contribution in [2.45, 2.75) is 14.8 Å². The molecule has 5 heteroatoms. The van der Waals surface area contributed by atoms with Crippen LogP contribution >= 0.6 is 0 Å². The Kier molecular flexibility index (Phi) is 3.24. The molecule has 0 aromatic carbocycles. The van der Waals surface area contributed by atoms with E-state index in [1.54, 1.807) is 20.4 Å². The maximum absolute atomic E-state index is 11.9. The molecule has 1 heterocycles. The Morgan fingerprint density at radius 2 is 2.00 bits per heavy atom. The summed E-state index contributed by atoms with van der Waals surface area (Å²) in [7, 11) is 3.25. The molecule has 0 spiro atoms. The van der Waals surface area contributed by atoms with E-state index in [-0.39, 0.29) is 5.56 Å². The number of rotatable bonds is 2. The van der Waals surface area contributed by atoms with Crippen LogP contribution in [0.15, 0.2) is 11.0 Å². The van der Waals surface area contributed by atoms with Crippen LogP contribution in [0.2, 0.25) is 14.8 Å². The Hall–Kier alpha value is -0.521. The van der Waals surface area contributed by atoms with Crippen molar-refractivity contribution in [2.75, 3.05) is 7.11 Å². The van der Waals surface area contributed by atoms with Crippen LogP contribution in [0.4, 0.5) is 0 Å². The molecule has 1 aromatic rings. The predicted octanol–water partition coefficient (Wildman–Crippen LogP) is 0.334. The zero-order valence-electron chi connectivity index (χ0n) is 9.29. The standard InChI is InChI=1S/C6H7N2O2.3CH3.Sn/c1-8-6(9)3-5(10-2)4-7-8;;;;/h4H,1-2H3;3*1H3;. The first-order valence-electron chi connectivity index (χ1n) is 4.48. The second-order valence-corrected chi connectivity index (χ2v) is 18.5. The summed E-state index contributed by atoms with van der Waals surface area (Å²) in [5.74, 6) is 0.649. The van der Waals surface area contributed by atoms with E-state index in [1.807, 2.05) is 0 Å². The summed E-state index contributed by atoms with van der Waals surface area (Å²) in [5.41, 5.74) is -0.00681. The van der Waals surface area contributed by atoms with Crippen LogP contribution in [0.1, 0.15) is 0 Å². The van der Waals surface area contributed by atoms with Gasteiger partial charge in [-0.15, -0.1) is 0 Å². The van der Waals surface area contributed by atoms with E-state index in [0.29, 0.717) is 5.75 Å². The zero-order chi connectivity index (χ0) is 10.9. The van der Waals surface area contributed by atoms with E-state index in [0.717, 1.165) is 3.58 Å². The average Bonchev–Trinajstić information content (AvgIpc) is 2.07. The summed E-state index contributed by atoms with van der Waals surface area (Å²) < 4.78 is 7.43. The second kappa shape index (κ2) is 3.92. The molecule has 0 aliphatic heterocycles. The zero-order valence-corrected chi connectivity index (χ0v) is 12.1. The molecule has 0 saturated heterocycles. The Morgan fingerprint density at radius 1 is 1.43 bits per heavy atom. The first-order valence-corrected chi connectivity index (χ1v) is 14.5. The van der Waals surface area contributed by atoms with Gasteiger partial charge in [-0.3, -0.25) is 0 Å². The molecule has 78 valence electrons. The summed E-state index contributed by atoms with van der Waals surface area (Å²) in [6.07, 6.45) is 1.62. The molecule has 0 fully saturated rings. The van der Waals surface area contributed by atoms with Gasteiger partial charge in [-0.25, -0.2) is 0 Å². The van der Waals surface area contributed by atoms with Gasteiger partial charge in [0, 0.05) is 0 Å². The van der Waals surface area contributed by atoms with Gasteiger partial charge in [-0.1, -0.05) is 0 Å². The van der Waals surface area contributed by atoms with Crippen LogP contribution in [-0.4, -0.2) is 35.3 Å². The molecule has 0 aliphatic rings. The molecule has 0 unspecified atom stereocenters. The maximum atomic E-state index is 11.9. The third kappa shape index (κ3) is 2.10. The topological polar surface area (TPSA) is 44.1 Å². The number of aromatic nitrogens is 2. The number of nitrogens with zero attached hydrogens (tertiary/aromatic N) is 2. The van der Waals surface area contributed by atoms with Gasteiger partial charge in [-0.05, 0) is 0 Å². The van der Waals surface area contributed by atoms with E-state index >= 15 is 0 Å². The van der Waals surface area contributed by atoms with Crippen molar-refractivity contribution in [1.82, 2.24) is 9.78 Å². The van der Waals surface area contributed by atoms with Gasteiger partial charge in [-0.2, -0.15) is 0 Å². The fourth-order valence-electron chi connectivity index (χ4n) is 1.37. The molecular weight excluding hydrogens is 287 g/mol. The minimum absolute atomic E-state index is 0.00681. The Balaban J connectivity index is 3.52. The fraction of sp³-hybridized carbons (Fsp3) is 0.556. The second-order valence-electron chi connectivity index (χ2n) is 4.27. The van der Waals surface area contributed by atoms with E-state index in [2.05, 4.69) is 19.9 Å². The van der Waals surface area contributed by atoms with Crippen molar-refractivity contribution in [3.8, 4) is 5.75 Å². The molecular formula is C9H16N2O2Sn. The summed E-state index contributed by atoms with van der Waals surface area (Å²) in [6.45, 7) is 0. The molecule has 1 aromatic heterocycles. The van der Waals surface area contributed by atoms with Crippen molar-refractivity contribution in [1.29, 1.82) is 0 Å². The number of ether oxygens (including phenoxy) is 1. The van der Waals surface area contributed by atoms with Crippen LogP contribution in [0.25, 0.3) is 0 Å². The third-order valence-electron chi connectivity index (χ3n) is 2.07. The third-order valence-corrected chi connectivity index (χ3v) is 7.67. The first kappa shape index (κ1) is 11.6. The molecule has 0 saturated carbocycles. The Morgan fingerprint density at radius 3 is 2.43 bits per heavy atom. The molecule has 0 aliphatic carbocycles. The van der Waals surface area contributed by atoms with E-state index in [1.165, 1.54) is 4.68 Å². The van der Waals surface area contributed by atoms with Gasteiger partial charge < -0.3 is 0 Å². The van der Waals surface area contributed by atoms with Gasteiger partial charge in [0.25, 0.3) is 0 Å². The van der Waals surface area contributed by atoms with Gasteiger partial charge in [0.1, 0.15) is 0 Å². The predicted molar refractivity (Wildman–Crippen MR) is 59.0 cm³/mol. The molecule has 0 bridgehead atoms. The summed E-state index contributed by atoms with van der Waals surface area (Å²) in [4.78, 5) is 18.4. The molecule has 14 heavy (non-hydrogen) atoms. The summed E-state index contributed by atoms with van der Waals surface area (Å²) in [5, 5.41) is 3.94. The summed E-state index contributed by atoms with van der Waals surface area (Å²) in [6, 6.07) is 0. The van der Waals surface area contributed by atoms with Crippen molar-refractivity contribution in [3.63, 3.8) is 0 Å². The first-order chi connectivity index (χ1) is 6.38. The molecule has 1 rings (SSSR count). The number of hydrogen-bond acceptors (Lipinski definition) is 3. The van der Waals surface area contributed by atoms with Gasteiger partial charge in [0.2, 0.25) is 0 Å². The Labute approximate surface area is 87.8 Å². The normalized spacial score (nSPS) is 11.5.